The lowest BCUT2D eigenvalue weighted by molar-refractivity contribution is -0.122. The lowest BCUT2D eigenvalue weighted by Crippen LogP contribution is -2.47. The van der Waals surface area contributed by atoms with Gasteiger partial charge in [0.1, 0.15) is 0 Å². The van der Waals surface area contributed by atoms with Crippen LogP contribution in [0.4, 0.5) is 0 Å². The van der Waals surface area contributed by atoms with Crippen LogP contribution in [0.25, 0.3) is 0 Å². The van der Waals surface area contributed by atoms with Crippen LogP contribution in [0.3, 0.4) is 0 Å². The average Bonchev–Trinajstić information content (AvgIpc) is 3.09. The summed E-state index contributed by atoms with van der Waals surface area (Å²) >= 11 is 1.61. The zero-order valence-corrected chi connectivity index (χ0v) is 16.7. The molecule has 0 bridgehead atoms. The van der Waals surface area contributed by atoms with Gasteiger partial charge in [-0.3, -0.25) is 4.79 Å². The molecule has 2 aliphatic rings. The van der Waals surface area contributed by atoms with Gasteiger partial charge in [-0.25, -0.2) is 4.98 Å². The molecule has 1 aromatic rings. The summed E-state index contributed by atoms with van der Waals surface area (Å²) < 4.78 is 6.40. The second-order valence-corrected chi connectivity index (χ2v) is 9.10. The van der Waals surface area contributed by atoms with E-state index < -0.39 is 0 Å². The summed E-state index contributed by atoms with van der Waals surface area (Å²) in [6.45, 7) is 11.4. The summed E-state index contributed by atoms with van der Waals surface area (Å²) in [5, 5.41) is 4.09. The minimum atomic E-state index is 0.0617. The molecule has 6 heteroatoms. The first-order valence-electron chi connectivity index (χ1n) is 9.48. The zero-order chi connectivity index (χ0) is 18.0. The van der Waals surface area contributed by atoms with Crippen LogP contribution in [0.5, 0.6) is 0 Å². The SMILES string of the molecule is Cc1nc(C)c(CC(=O)NCC2CCC3(CCN(C(C)C)CC3)O2)s1. The Balaban J connectivity index is 1.43. The van der Waals surface area contributed by atoms with Gasteiger partial charge in [-0.15, -0.1) is 11.3 Å². The topological polar surface area (TPSA) is 54.5 Å². The fourth-order valence-corrected chi connectivity index (χ4v) is 4.96. The first-order valence-corrected chi connectivity index (χ1v) is 10.3. The van der Waals surface area contributed by atoms with Gasteiger partial charge < -0.3 is 15.0 Å². The van der Waals surface area contributed by atoms with E-state index in [0.29, 0.717) is 19.0 Å². The van der Waals surface area contributed by atoms with E-state index in [1.807, 2.05) is 13.8 Å². The van der Waals surface area contributed by atoms with Crippen molar-refractivity contribution in [1.29, 1.82) is 0 Å². The molecule has 2 saturated heterocycles. The molecule has 140 valence electrons. The molecule has 1 atom stereocenters. The molecule has 0 radical (unpaired) electrons. The van der Waals surface area contributed by atoms with Gasteiger partial charge in [0.2, 0.25) is 5.91 Å². The summed E-state index contributed by atoms with van der Waals surface area (Å²) in [5.74, 6) is 0.0749. The van der Waals surface area contributed by atoms with E-state index >= 15 is 0 Å². The van der Waals surface area contributed by atoms with Crippen LogP contribution in [0.1, 0.15) is 55.1 Å². The Bertz CT molecular complexity index is 606. The Labute approximate surface area is 155 Å². The Hall–Kier alpha value is -0.980. The number of rotatable bonds is 5. The average molecular weight is 366 g/mol. The van der Waals surface area contributed by atoms with Crippen molar-refractivity contribution in [1.82, 2.24) is 15.2 Å². The molecule has 25 heavy (non-hydrogen) atoms. The third-order valence-electron chi connectivity index (χ3n) is 5.63. The van der Waals surface area contributed by atoms with Gasteiger partial charge in [0.05, 0.1) is 28.8 Å². The molecule has 2 fully saturated rings. The summed E-state index contributed by atoms with van der Waals surface area (Å²) in [6.07, 6.45) is 5.02. The number of likely N-dealkylation sites (tertiary alicyclic amines) is 1. The molecule has 3 heterocycles. The van der Waals surface area contributed by atoms with Crippen molar-refractivity contribution in [3.8, 4) is 0 Å². The van der Waals surface area contributed by atoms with Crippen molar-refractivity contribution >= 4 is 17.2 Å². The Kier molecular flexibility index (Phi) is 5.81. The quantitative estimate of drug-likeness (QED) is 0.872. The monoisotopic (exact) mass is 365 g/mol. The summed E-state index contributed by atoms with van der Waals surface area (Å²) in [7, 11) is 0. The summed E-state index contributed by atoms with van der Waals surface area (Å²) in [6, 6.07) is 0.618. The molecule has 0 aromatic carbocycles. The van der Waals surface area contributed by atoms with Gasteiger partial charge in [-0.1, -0.05) is 0 Å². The number of carbonyl (C=O) groups is 1. The van der Waals surface area contributed by atoms with Crippen LogP contribution >= 0.6 is 11.3 Å². The second kappa shape index (κ2) is 7.72. The van der Waals surface area contributed by atoms with Gasteiger partial charge in [0, 0.05) is 30.6 Å². The summed E-state index contributed by atoms with van der Waals surface area (Å²) in [4.78, 5) is 20.2. The smallest absolute Gasteiger partial charge is 0.225 e. The number of nitrogens with one attached hydrogen (secondary N) is 1. The van der Waals surface area contributed by atoms with Crippen molar-refractivity contribution in [3.63, 3.8) is 0 Å². The molecule has 2 aliphatic heterocycles. The van der Waals surface area contributed by atoms with Gasteiger partial charge in [0.15, 0.2) is 0 Å². The Morgan fingerprint density at radius 1 is 1.36 bits per heavy atom. The van der Waals surface area contributed by atoms with Crippen LogP contribution in [0.15, 0.2) is 0 Å². The number of ether oxygens (including phenoxy) is 1. The number of aryl methyl sites for hydroxylation is 2. The van der Waals surface area contributed by atoms with E-state index in [2.05, 4.69) is 29.0 Å². The normalized spacial score (nSPS) is 23.5. The highest BCUT2D eigenvalue weighted by atomic mass is 32.1. The van der Waals surface area contributed by atoms with E-state index in [0.717, 1.165) is 54.4 Å². The predicted octanol–water partition coefficient (Wildman–Crippen LogP) is 2.84. The van der Waals surface area contributed by atoms with Crippen molar-refractivity contribution in [2.24, 2.45) is 0 Å². The predicted molar refractivity (Wildman–Crippen MR) is 101 cm³/mol. The molecule has 0 saturated carbocycles. The summed E-state index contributed by atoms with van der Waals surface area (Å²) in [5.41, 5.74) is 1.04. The maximum atomic E-state index is 12.2. The van der Waals surface area contributed by atoms with Crippen molar-refractivity contribution < 1.29 is 9.53 Å². The number of nitrogens with zero attached hydrogens (tertiary/aromatic N) is 2. The minimum absolute atomic E-state index is 0.0617. The standard InChI is InChI=1S/C19H31N3O2S/c1-13(2)22-9-7-19(8-10-22)6-5-16(24-19)12-20-18(23)11-17-14(3)21-15(4)25-17/h13,16H,5-12H2,1-4H3,(H,20,23). The molecule has 3 rings (SSSR count). The zero-order valence-electron chi connectivity index (χ0n) is 15.9. The molecule has 5 nitrogen and oxygen atoms in total. The number of amides is 1. The third kappa shape index (κ3) is 4.60. The molecular formula is C19H31N3O2S. The molecule has 1 unspecified atom stereocenters. The number of thiazole rings is 1. The Morgan fingerprint density at radius 2 is 2.08 bits per heavy atom. The van der Waals surface area contributed by atoms with Gasteiger partial charge in [0.25, 0.3) is 0 Å². The first kappa shape index (κ1) is 18.8. The molecule has 1 N–H and O–H groups in total. The van der Waals surface area contributed by atoms with Gasteiger partial charge >= 0.3 is 0 Å². The van der Waals surface area contributed by atoms with Gasteiger partial charge in [-0.2, -0.15) is 0 Å². The second-order valence-electron chi connectivity index (χ2n) is 7.81. The van der Waals surface area contributed by atoms with Crippen LogP contribution in [0, 0.1) is 13.8 Å². The largest absolute Gasteiger partial charge is 0.370 e. The number of carbonyl (C=O) groups excluding carboxylic acids is 1. The Morgan fingerprint density at radius 3 is 2.68 bits per heavy atom. The highest BCUT2D eigenvalue weighted by Crippen LogP contribution is 2.39. The van der Waals surface area contributed by atoms with Crippen LogP contribution < -0.4 is 5.32 Å². The van der Waals surface area contributed by atoms with E-state index in [4.69, 9.17) is 4.74 Å². The lowest BCUT2D eigenvalue weighted by Gasteiger charge is -2.40. The van der Waals surface area contributed by atoms with Gasteiger partial charge in [-0.05, 0) is 53.4 Å². The number of aromatic nitrogens is 1. The maximum Gasteiger partial charge on any atom is 0.225 e. The highest BCUT2D eigenvalue weighted by Gasteiger charge is 2.42. The lowest BCUT2D eigenvalue weighted by atomic mass is 9.88. The molecule has 1 aromatic heterocycles. The van der Waals surface area contributed by atoms with Crippen LogP contribution in [0.2, 0.25) is 0 Å². The van der Waals surface area contributed by atoms with Crippen molar-refractivity contribution in [2.75, 3.05) is 19.6 Å². The number of hydrogen-bond acceptors (Lipinski definition) is 5. The van der Waals surface area contributed by atoms with Crippen LogP contribution in [-0.2, 0) is 16.0 Å². The third-order valence-corrected chi connectivity index (χ3v) is 6.70. The molecular weight excluding hydrogens is 334 g/mol. The highest BCUT2D eigenvalue weighted by molar-refractivity contribution is 7.11. The van der Waals surface area contributed by atoms with Crippen LogP contribution in [-0.4, -0.2) is 53.2 Å². The minimum Gasteiger partial charge on any atom is -0.370 e. The molecule has 1 amide bonds. The van der Waals surface area contributed by atoms with Crippen molar-refractivity contribution in [2.45, 2.75) is 77.5 Å². The fraction of sp³-hybridized carbons (Fsp3) is 0.789. The first-order chi connectivity index (χ1) is 11.9. The molecule has 1 spiro atoms. The number of hydrogen-bond donors (Lipinski definition) is 1. The fourth-order valence-electron chi connectivity index (χ4n) is 4.03. The van der Waals surface area contributed by atoms with E-state index in [1.54, 1.807) is 11.3 Å². The van der Waals surface area contributed by atoms with E-state index in [9.17, 15) is 4.79 Å². The van der Waals surface area contributed by atoms with E-state index in [-0.39, 0.29) is 17.6 Å². The number of piperidine rings is 1. The maximum absolute atomic E-state index is 12.2. The van der Waals surface area contributed by atoms with Crippen molar-refractivity contribution in [3.05, 3.63) is 15.6 Å². The molecule has 0 aliphatic carbocycles. The van der Waals surface area contributed by atoms with E-state index in [1.165, 1.54) is 0 Å².